The fourth-order valence-corrected chi connectivity index (χ4v) is 2.94. The zero-order valence-electron chi connectivity index (χ0n) is 7.18. The van der Waals surface area contributed by atoms with Gasteiger partial charge in [-0.3, -0.25) is 0 Å². The Morgan fingerprint density at radius 2 is 2.36 bits per heavy atom. The van der Waals surface area contributed by atoms with Crippen LogP contribution in [0.2, 0.25) is 0 Å². The molecule has 0 N–H and O–H groups in total. The summed E-state index contributed by atoms with van der Waals surface area (Å²) in [4.78, 5) is 3.14. The van der Waals surface area contributed by atoms with Crippen molar-refractivity contribution in [3.05, 3.63) is 21.4 Å². The molecule has 0 aliphatic heterocycles. The summed E-state index contributed by atoms with van der Waals surface area (Å²) in [6, 6.07) is 2.37. The van der Waals surface area contributed by atoms with Crippen molar-refractivity contribution < 1.29 is 0 Å². The fraction of sp³-hybridized carbons (Fsp3) is 0.600. The highest BCUT2D eigenvalue weighted by Crippen LogP contribution is 2.31. The van der Waals surface area contributed by atoms with Crippen molar-refractivity contribution >= 4 is 11.3 Å². The summed E-state index contributed by atoms with van der Waals surface area (Å²) in [5, 5.41) is 0. The van der Waals surface area contributed by atoms with Gasteiger partial charge in [-0.1, -0.05) is 6.92 Å². The molecular formula is C10H14S. The minimum atomic E-state index is 0.913. The Morgan fingerprint density at radius 1 is 1.55 bits per heavy atom. The maximum atomic E-state index is 2.37. The summed E-state index contributed by atoms with van der Waals surface area (Å²) in [7, 11) is 0. The van der Waals surface area contributed by atoms with Crippen LogP contribution in [-0.4, -0.2) is 0 Å². The molecule has 2 rings (SSSR count). The predicted octanol–water partition coefficient (Wildman–Crippen LogP) is 3.18. The van der Waals surface area contributed by atoms with Crippen molar-refractivity contribution in [3.63, 3.8) is 0 Å². The second-order valence-electron chi connectivity index (χ2n) is 3.65. The summed E-state index contributed by atoms with van der Waals surface area (Å²) < 4.78 is 0. The summed E-state index contributed by atoms with van der Waals surface area (Å²) in [6.45, 7) is 4.57. The SMILES string of the molecule is Cc1cc2c(s1)CCC(C)C2. The molecule has 0 fully saturated rings. The molecule has 1 atom stereocenters. The fourth-order valence-electron chi connectivity index (χ4n) is 1.85. The lowest BCUT2D eigenvalue weighted by molar-refractivity contribution is 0.506. The predicted molar refractivity (Wildman–Crippen MR) is 50.2 cm³/mol. The molecule has 1 heterocycles. The van der Waals surface area contributed by atoms with E-state index in [1.807, 2.05) is 11.3 Å². The molecule has 0 radical (unpaired) electrons. The molecule has 1 aromatic rings. The highest BCUT2D eigenvalue weighted by atomic mass is 32.1. The lowest BCUT2D eigenvalue weighted by atomic mass is 9.90. The molecule has 60 valence electrons. The third-order valence-electron chi connectivity index (χ3n) is 2.45. The number of hydrogen-bond donors (Lipinski definition) is 0. The Bertz CT molecular complexity index is 260. The molecule has 1 aromatic heterocycles. The highest BCUT2D eigenvalue weighted by molar-refractivity contribution is 7.12. The number of fused-ring (bicyclic) bond motifs is 1. The maximum absolute atomic E-state index is 2.37. The van der Waals surface area contributed by atoms with Gasteiger partial charge in [0, 0.05) is 9.75 Å². The van der Waals surface area contributed by atoms with Crippen LogP contribution in [0.25, 0.3) is 0 Å². The lowest BCUT2D eigenvalue weighted by Gasteiger charge is -2.17. The van der Waals surface area contributed by atoms with E-state index in [2.05, 4.69) is 19.9 Å². The van der Waals surface area contributed by atoms with Gasteiger partial charge in [0.1, 0.15) is 0 Å². The molecule has 0 saturated heterocycles. The largest absolute Gasteiger partial charge is 0.145 e. The van der Waals surface area contributed by atoms with Gasteiger partial charge in [-0.15, -0.1) is 11.3 Å². The van der Waals surface area contributed by atoms with Crippen LogP contribution in [0.3, 0.4) is 0 Å². The first kappa shape index (κ1) is 7.35. The van der Waals surface area contributed by atoms with Crippen LogP contribution >= 0.6 is 11.3 Å². The number of thiophene rings is 1. The molecule has 0 bridgehead atoms. The van der Waals surface area contributed by atoms with Gasteiger partial charge in [0.15, 0.2) is 0 Å². The van der Waals surface area contributed by atoms with Crippen molar-refractivity contribution in [2.45, 2.75) is 33.1 Å². The topological polar surface area (TPSA) is 0 Å². The molecule has 0 nitrogen and oxygen atoms in total. The van der Waals surface area contributed by atoms with Gasteiger partial charge in [-0.05, 0) is 43.7 Å². The van der Waals surface area contributed by atoms with Crippen LogP contribution in [0.1, 0.15) is 28.7 Å². The molecule has 1 aliphatic carbocycles. The average Bonchev–Trinajstić information content (AvgIpc) is 2.27. The molecular weight excluding hydrogens is 152 g/mol. The van der Waals surface area contributed by atoms with E-state index in [1.54, 1.807) is 10.4 Å². The standard InChI is InChI=1S/C10H14S/c1-7-3-4-10-9(5-7)6-8(2)11-10/h6-7H,3-5H2,1-2H3. The van der Waals surface area contributed by atoms with Gasteiger partial charge in [0.2, 0.25) is 0 Å². The first-order valence-electron chi connectivity index (χ1n) is 4.34. The normalized spacial score (nSPS) is 23.3. The van der Waals surface area contributed by atoms with Crippen LogP contribution < -0.4 is 0 Å². The van der Waals surface area contributed by atoms with Gasteiger partial charge in [-0.25, -0.2) is 0 Å². The first-order chi connectivity index (χ1) is 5.25. The minimum Gasteiger partial charge on any atom is -0.145 e. The Balaban J connectivity index is 2.34. The van der Waals surface area contributed by atoms with Crippen molar-refractivity contribution in [2.75, 3.05) is 0 Å². The molecule has 11 heavy (non-hydrogen) atoms. The minimum absolute atomic E-state index is 0.913. The molecule has 1 heteroatoms. The van der Waals surface area contributed by atoms with E-state index in [9.17, 15) is 0 Å². The molecule has 0 spiro atoms. The van der Waals surface area contributed by atoms with Gasteiger partial charge >= 0.3 is 0 Å². The van der Waals surface area contributed by atoms with Gasteiger partial charge in [-0.2, -0.15) is 0 Å². The van der Waals surface area contributed by atoms with Gasteiger partial charge in [0.25, 0.3) is 0 Å². The zero-order valence-corrected chi connectivity index (χ0v) is 8.00. The first-order valence-corrected chi connectivity index (χ1v) is 5.15. The zero-order chi connectivity index (χ0) is 7.84. The third kappa shape index (κ3) is 1.34. The van der Waals surface area contributed by atoms with Crippen LogP contribution in [-0.2, 0) is 12.8 Å². The number of rotatable bonds is 0. The highest BCUT2D eigenvalue weighted by Gasteiger charge is 2.16. The lowest BCUT2D eigenvalue weighted by Crippen LogP contribution is -2.07. The summed E-state index contributed by atoms with van der Waals surface area (Å²) in [5.41, 5.74) is 1.63. The third-order valence-corrected chi connectivity index (χ3v) is 3.60. The van der Waals surface area contributed by atoms with E-state index in [-0.39, 0.29) is 0 Å². The van der Waals surface area contributed by atoms with Crippen molar-refractivity contribution in [3.8, 4) is 0 Å². The van der Waals surface area contributed by atoms with E-state index in [4.69, 9.17) is 0 Å². The summed E-state index contributed by atoms with van der Waals surface area (Å²) in [6.07, 6.45) is 4.04. The quantitative estimate of drug-likeness (QED) is 0.555. The molecule has 0 saturated carbocycles. The molecule has 1 aliphatic rings. The number of hydrogen-bond acceptors (Lipinski definition) is 1. The van der Waals surface area contributed by atoms with Crippen LogP contribution in [0.15, 0.2) is 6.07 Å². The Kier molecular flexibility index (Phi) is 1.76. The molecule has 0 amide bonds. The van der Waals surface area contributed by atoms with Crippen molar-refractivity contribution in [2.24, 2.45) is 5.92 Å². The van der Waals surface area contributed by atoms with Crippen LogP contribution in [0.5, 0.6) is 0 Å². The van der Waals surface area contributed by atoms with Gasteiger partial charge in [0.05, 0.1) is 0 Å². The van der Waals surface area contributed by atoms with E-state index in [1.165, 1.54) is 24.1 Å². The second-order valence-corrected chi connectivity index (χ2v) is 4.99. The average molecular weight is 166 g/mol. The Hall–Kier alpha value is -0.300. The van der Waals surface area contributed by atoms with Gasteiger partial charge < -0.3 is 0 Å². The summed E-state index contributed by atoms with van der Waals surface area (Å²) >= 11 is 1.99. The summed E-state index contributed by atoms with van der Waals surface area (Å²) in [5.74, 6) is 0.913. The Labute approximate surface area is 72.3 Å². The maximum Gasteiger partial charge on any atom is 0.00802 e. The second kappa shape index (κ2) is 2.63. The van der Waals surface area contributed by atoms with Crippen molar-refractivity contribution in [1.29, 1.82) is 0 Å². The smallest absolute Gasteiger partial charge is 0.00802 e. The molecule has 0 aromatic carbocycles. The van der Waals surface area contributed by atoms with Crippen LogP contribution in [0.4, 0.5) is 0 Å². The number of aryl methyl sites for hydroxylation is 2. The van der Waals surface area contributed by atoms with E-state index < -0.39 is 0 Å². The van der Waals surface area contributed by atoms with Crippen molar-refractivity contribution in [1.82, 2.24) is 0 Å². The molecule has 1 unspecified atom stereocenters. The monoisotopic (exact) mass is 166 g/mol. The van der Waals surface area contributed by atoms with E-state index in [0.29, 0.717) is 0 Å². The van der Waals surface area contributed by atoms with E-state index >= 15 is 0 Å². The Morgan fingerprint density at radius 3 is 3.18 bits per heavy atom. The van der Waals surface area contributed by atoms with Crippen LogP contribution in [0, 0.1) is 12.8 Å². The van der Waals surface area contributed by atoms with E-state index in [0.717, 1.165) is 5.92 Å².